The standard InChI is InChI=1S/C15H12FN7O2.C6H13N/c1-8-18-15-12(25-2)4-11(21-23(15)20-8)9-3-10(16)14-19-13(17-7-24)6-22(14)5-9;1-7(2)6-4-3-5-6/h3-7H,1-2H3,(H,17,24);6H,3-5H2,1-2H3. The molecule has 11 heteroatoms. The van der Waals surface area contributed by atoms with Crippen molar-refractivity contribution in [2.24, 2.45) is 0 Å². The fourth-order valence-corrected chi connectivity index (χ4v) is 3.47. The van der Waals surface area contributed by atoms with Crippen LogP contribution in [0.1, 0.15) is 25.1 Å². The molecule has 1 saturated carbocycles. The topological polar surface area (TPSA) is 102 Å². The number of aromatic nitrogens is 6. The largest absolute Gasteiger partial charge is 0.493 e. The van der Waals surface area contributed by atoms with Gasteiger partial charge in [0, 0.05) is 23.9 Å². The molecule has 4 heterocycles. The van der Waals surface area contributed by atoms with Gasteiger partial charge >= 0.3 is 0 Å². The SMILES string of the molecule is CN(C)C1CCC1.COc1cc(-c2cc(F)c3nc(NC=O)cn3c2)nn2nc(C)nc12. The van der Waals surface area contributed by atoms with Crippen molar-refractivity contribution in [3.63, 3.8) is 0 Å². The van der Waals surface area contributed by atoms with Gasteiger partial charge in [-0.3, -0.25) is 4.79 Å². The van der Waals surface area contributed by atoms with Crippen LogP contribution in [0.5, 0.6) is 5.75 Å². The number of anilines is 1. The van der Waals surface area contributed by atoms with E-state index in [1.54, 1.807) is 19.2 Å². The number of rotatable bonds is 5. The summed E-state index contributed by atoms with van der Waals surface area (Å²) in [6, 6.07) is 3.88. The average Bonchev–Trinajstić information content (AvgIpc) is 3.28. The van der Waals surface area contributed by atoms with Crippen LogP contribution in [0.15, 0.2) is 24.5 Å². The molecule has 10 nitrogen and oxygen atoms in total. The first kappa shape index (κ1) is 21.6. The van der Waals surface area contributed by atoms with E-state index in [4.69, 9.17) is 4.74 Å². The molecule has 1 N–H and O–H groups in total. The highest BCUT2D eigenvalue weighted by Gasteiger charge is 2.18. The van der Waals surface area contributed by atoms with Crippen LogP contribution in [-0.4, -0.2) is 67.8 Å². The van der Waals surface area contributed by atoms with Gasteiger partial charge in [-0.1, -0.05) is 6.42 Å². The van der Waals surface area contributed by atoms with Crippen molar-refractivity contribution in [2.75, 3.05) is 26.5 Å². The summed E-state index contributed by atoms with van der Waals surface area (Å²) in [5, 5.41) is 10.9. The fourth-order valence-electron chi connectivity index (χ4n) is 3.47. The van der Waals surface area contributed by atoms with Gasteiger partial charge in [-0.15, -0.1) is 14.8 Å². The molecule has 0 unspecified atom stereocenters. The first-order valence-electron chi connectivity index (χ1n) is 10.2. The number of ether oxygens (including phenoxy) is 1. The summed E-state index contributed by atoms with van der Waals surface area (Å²) in [5.41, 5.74) is 1.52. The number of amides is 1. The number of nitrogens with one attached hydrogen (secondary N) is 1. The van der Waals surface area contributed by atoms with Gasteiger partial charge in [0.1, 0.15) is 0 Å². The number of hydrogen-bond donors (Lipinski definition) is 1. The maximum absolute atomic E-state index is 14.4. The second kappa shape index (κ2) is 8.87. The zero-order valence-electron chi connectivity index (χ0n) is 18.4. The Bertz CT molecular complexity index is 1260. The number of hydrogen-bond acceptors (Lipinski definition) is 7. The summed E-state index contributed by atoms with van der Waals surface area (Å²) in [6.45, 7) is 1.74. The molecule has 0 atom stereocenters. The molecule has 0 radical (unpaired) electrons. The van der Waals surface area contributed by atoms with E-state index in [1.807, 2.05) is 0 Å². The summed E-state index contributed by atoms with van der Waals surface area (Å²) in [6.07, 6.45) is 7.93. The molecule has 1 fully saturated rings. The van der Waals surface area contributed by atoms with Crippen LogP contribution in [0.25, 0.3) is 22.6 Å². The monoisotopic (exact) mass is 440 g/mol. The maximum Gasteiger partial charge on any atom is 0.218 e. The third kappa shape index (κ3) is 4.24. The molecule has 1 aliphatic carbocycles. The minimum absolute atomic E-state index is 0.0951. The van der Waals surface area contributed by atoms with Gasteiger partial charge in [-0.25, -0.2) is 14.4 Å². The molecule has 1 aliphatic rings. The van der Waals surface area contributed by atoms with Gasteiger partial charge in [-0.2, -0.15) is 0 Å². The normalized spacial score (nSPS) is 13.7. The van der Waals surface area contributed by atoms with Crippen LogP contribution in [-0.2, 0) is 4.79 Å². The van der Waals surface area contributed by atoms with Crippen molar-refractivity contribution in [1.82, 2.24) is 34.1 Å². The Morgan fingerprint density at radius 3 is 2.56 bits per heavy atom. The number of nitrogens with zero attached hydrogens (tertiary/aromatic N) is 7. The quantitative estimate of drug-likeness (QED) is 0.476. The van der Waals surface area contributed by atoms with E-state index < -0.39 is 5.82 Å². The summed E-state index contributed by atoms with van der Waals surface area (Å²) in [4.78, 5) is 21.1. The van der Waals surface area contributed by atoms with Crippen molar-refractivity contribution in [1.29, 1.82) is 0 Å². The van der Waals surface area contributed by atoms with Crippen molar-refractivity contribution < 1.29 is 13.9 Å². The molecule has 0 aromatic carbocycles. The molecule has 4 aromatic heterocycles. The average molecular weight is 440 g/mol. The lowest BCUT2D eigenvalue weighted by atomic mass is 9.92. The van der Waals surface area contributed by atoms with Crippen molar-refractivity contribution in [2.45, 2.75) is 32.2 Å². The highest BCUT2D eigenvalue weighted by atomic mass is 19.1. The predicted octanol–water partition coefficient (Wildman–Crippen LogP) is 2.56. The van der Waals surface area contributed by atoms with E-state index in [2.05, 4.69) is 44.5 Å². The summed E-state index contributed by atoms with van der Waals surface area (Å²) in [5.74, 6) is 0.717. The van der Waals surface area contributed by atoms with E-state index in [0.717, 1.165) is 6.04 Å². The lowest BCUT2D eigenvalue weighted by Crippen LogP contribution is -2.33. The predicted molar refractivity (Wildman–Crippen MR) is 117 cm³/mol. The number of aryl methyl sites for hydroxylation is 1. The number of fused-ring (bicyclic) bond motifs is 2. The van der Waals surface area contributed by atoms with Gasteiger partial charge in [0.05, 0.1) is 19.0 Å². The third-order valence-electron chi connectivity index (χ3n) is 5.42. The zero-order chi connectivity index (χ0) is 22.8. The highest BCUT2D eigenvalue weighted by molar-refractivity contribution is 5.71. The lowest BCUT2D eigenvalue weighted by molar-refractivity contribution is -0.105. The van der Waals surface area contributed by atoms with E-state index in [1.165, 1.54) is 47.7 Å². The van der Waals surface area contributed by atoms with Crippen molar-refractivity contribution in [3.8, 4) is 17.0 Å². The van der Waals surface area contributed by atoms with Gasteiger partial charge < -0.3 is 19.4 Å². The third-order valence-corrected chi connectivity index (χ3v) is 5.42. The van der Waals surface area contributed by atoms with Crippen molar-refractivity contribution >= 4 is 23.5 Å². The van der Waals surface area contributed by atoms with Crippen LogP contribution in [0.4, 0.5) is 10.2 Å². The van der Waals surface area contributed by atoms with Gasteiger partial charge in [0.25, 0.3) is 0 Å². The molecule has 4 aromatic rings. The molecule has 0 spiro atoms. The van der Waals surface area contributed by atoms with Crippen LogP contribution in [0.2, 0.25) is 0 Å². The van der Waals surface area contributed by atoms with Crippen LogP contribution < -0.4 is 10.1 Å². The molecule has 1 amide bonds. The van der Waals surface area contributed by atoms with Crippen molar-refractivity contribution in [3.05, 3.63) is 36.2 Å². The smallest absolute Gasteiger partial charge is 0.218 e. The number of imidazole rings is 1. The molecule has 0 bridgehead atoms. The minimum Gasteiger partial charge on any atom is -0.493 e. The minimum atomic E-state index is -0.549. The van der Waals surface area contributed by atoms with Crippen LogP contribution in [0, 0.1) is 12.7 Å². The van der Waals surface area contributed by atoms with E-state index in [9.17, 15) is 9.18 Å². The van der Waals surface area contributed by atoms with Gasteiger partial charge in [0.15, 0.2) is 28.9 Å². The zero-order valence-corrected chi connectivity index (χ0v) is 18.4. The van der Waals surface area contributed by atoms with Crippen LogP contribution >= 0.6 is 0 Å². The molecular formula is C21H25FN8O2. The summed E-state index contributed by atoms with van der Waals surface area (Å²) >= 11 is 0. The molecule has 0 aliphatic heterocycles. The van der Waals surface area contributed by atoms with E-state index >= 15 is 0 Å². The number of methoxy groups -OCH3 is 1. The van der Waals surface area contributed by atoms with Crippen LogP contribution in [0.3, 0.4) is 0 Å². The Balaban J connectivity index is 0.000000300. The Kier molecular flexibility index (Phi) is 5.99. The Hall–Kier alpha value is -3.60. The molecular weight excluding hydrogens is 415 g/mol. The second-order valence-corrected chi connectivity index (χ2v) is 7.81. The molecule has 5 rings (SSSR count). The fraction of sp³-hybridized carbons (Fsp3) is 0.381. The molecule has 0 saturated heterocycles. The molecule has 168 valence electrons. The Morgan fingerprint density at radius 1 is 1.19 bits per heavy atom. The Labute approximate surface area is 184 Å². The van der Waals surface area contributed by atoms with E-state index in [0.29, 0.717) is 34.9 Å². The number of pyridine rings is 1. The lowest BCUT2D eigenvalue weighted by Gasteiger charge is -2.31. The van der Waals surface area contributed by atoms with Gasteiger partial charge in [-0.05, 0) is 39.9 Å². The van der Waals surface area contributed by atoms with Gasteiger partial charge in [0.2, 0.25) is 12.1 Å². The van der Waals surface area contributed by atoms with E-state index in [-0.39, 0.29) is 11.5 Å². The first-order chi connectivity index (χ1) is 15.4. The number of carbonyl (C=O) groups is 1. The second-order valence-electron chi connectivity index (χ2n) is 7.81. The number of halogens is 1. The number of carbonyl (C=O) groups excluding carboxylic acids is 1. The molecule has 32 heavy (non-hydrogen) atoms. The Morgan fingerprint density at radius 2 is 1.97 bits per heavy atom. The highest BCUT2D eigenvalue weighted by Crippen LogP contribution is 2.27. The maximum atomic E-state index is 14.4. The summed E-state index contributed by atoms with van der Waals surface area (Å²) < 4.78 is 22.5. The first-order valence-corrected chi connectivity index (χ1v) is 10.2. The summed E-state index contributed by atoms with van der Waals surface area (Å²) in [7, 11) is 5.83.